The number of nitrogens with two attached hydrogens (primary N) is 1. The smallest absolute Gasteiger partial charge is 0.217 e. The summed E-state index contributed by atoms with van der Waals surface area (Å²) in [5.74, 6) is 0.631. The summed E-state index contributed by atoms with van der Waals surface area (Å²) in [5.41, 5.74) is 6.28. The van der Waals surface area contributed by atoms with E-state index in [1.807, 2.05) is 32.0 Å². The Morgan fingerprint density at radius 1 is 1.46 bits per heavy atom. The number of piperidine rings is 1. The molecule has 8 heteroatoms. The molecule has 6 nitrogen and oxygen atoms in total. The number of nitrogens with zero attached hydrogens (tertiary/aromatic N) is 3. The molecular formula is C20H33FIN5O. The van der Waals surface area contributed by atoms with Gasteiger partial charge in [0.15, 0.2) is 5.96 Å². The number of halogens is 2. The van der Waals surface area contributed by atoms with Gasteiger partial charge < -0.3 is 20.9 Å². The van der Waals surface area contributed by atoms with E-state index in [1.54, 1.807) is 12.1 Å². The van der Waals surface area contributed by atoms with E-state index < -0.39 is 0 Å². The first-order chi connectivity index (χ1) is 12.9. The Hall–Kier alpha value is -1.42. The highest BCUT2D eigenvalue weighted by atomic mass is 127. The number of nitrogens with one attached hydrogen (secondary N) is 1. The van der Waals surface area contributed by atoms with Crippen molar-refractivity contribution in [3.8, 4) is 0 Å². The molecule has 0 radical (unpaired) electrons. The van der Waals surface area contributed by atoms with Crippen LogP contribution in [-0.4, -0.2) is 61.9 Å². The fourth-order valence-corrected chi connectivity index (χ4v) is 3.59. The lowest BCUT2D eigenvalue weighted by atomic mass is 9.95. The molecule has 3 N–H and O–H groups in total. The van der Waals surface area contributed by atoms with Crippen LogP contribution in [0.2, 0.25) is 0 Å². The third-order valence-corrected chi connectivity index (χ3v) is 4.91. The molecule has 2 atom stereocenters. The minimum atomic E-state index is -0.248. The molecule has 0 aromatic heterocycles. The van der Waals surface area contributed by atoms with Gasteiger partial charge in [0.05, 0.1) is 12.6 Å². The van der Waals surface area contributed by atoms with Gasteiger partial charge in [-0.3, -0.25) is 9.79 Å². The van der Waals surface area contributed by atoms with Crippen LogP contribution in [0.3, 0.4) is 0 Å². The molecule has 0 spiro atoms. The molecule has 0 saturated carbocycles. The van der Waals surface area contributed by atoms with Crippen LogP contribution >= 0.6 is 24.0 Å². The van der Waals surface area contributed by atoms with Gasteiger partial charge in [0, 0.05) is 26.1 Å². The third-order valence-electron chi connectivity index (χ3n) is 4.91. The van der Waals surface area contributed by atoms with Gasteiger partial charge in [0.25, 0.3) is 0 Å². The van der Waals surface area contributed by atoms with Gasteiger partial charge in [-0.1, -0.05) is 12.1 Å². The largest absolute Gasteiger partial charge is 0.370 e. The highest BCUT2D eigenvalue weighted by molar-refractivity contribution is 14.0. The van der Waals surface area contributed by atoms with Gasteiger partial charge in [0.1, 0.15) is 5.82 Å². The molecule has 2 unspecified atom stereocenters. The zero-order valence-electron chi connectivity index (χ0n) is 17.0. The predicted octanol–water partition coefficient (Wildman–Crippen LogP) is 2.60. The fraction of sp³-hybridized carbons (Fsp3) is 0.600. The maximum absolute atomic E-state index is 13.6. The van der Waals surface area contributed by atoms with Crippen molar-refractivity contribution in [2.24, 2.45) is 16.6 Å². The summed E-state index contributed by atoms with van der Waals surface area (Å²) in [6, 6.07) is 6.67. The van der Waals surface area contributed by atoms with Gasteiger partial charge in [-0.15, -0.1) is 24.0 Å². The molecule has 1 aromatic carbocycles. The summed E-state index contributed by atoms with van der Waals surface area (Å²) in [6.07, 6.45) is 2.45. The standard InChI is InChI=1S/C20H32FN5O.HI/c1-4-23-20(26-10-6-7-15(14-26)11-19(22)27)24-13-18(25(2)3)16-8-5-9-17(21)12-16;/h5,8-9,12,15,18H,4,6-7,10-11,13-14H2,1-3H3,(H2,22,27)(H,23,24);1H. The number of amides is 1. The summed E-state index contributed by atoms with van der Waals surface area (Å²) in [5, 5.41) is 3.35. The van der Waals surface area contributed by atoms with Crippen LogP contribution in [0, 0.1) is 11.7 Å². The third kappa shape index (κ3) is 7.54. The first-order valence-corrected chi connectivity index (χ1v) is 9.64. The van der Waals surface area contributed by atoms with E-state index in [2.05, 4.69) is 10.2 Å². The molecule has 1 aromatic rings. The summed E-state index contributed by atoms with van der Waals surface area (Å²) in [4.78, 5) is 20.4. The Bertz CT molecular complexity index is 655. The Balaban J connectivity index is 0.00000392. The van der Waals surface area contributed by atoms with Crippen LogP contribution in [0.25, 0.3) is 0 Å². The fourth-order valence-electron chi connectivity index (χ4n) is 3.59. The molecule has 28 heavy (non-hydrogen) atoms. The van der Waals surface area contributed by atoms with Crippen molar-refractivity contribution in [2.75, 3.05) is 40.3 Å². The second kappa shape index (κ2) is 12.2. The van der Waals surface area contributed by atoms with Crippen molar-refractivity contribution in [3.63, 3.8) is 0 Å². The normalized spacial score (nSPS) is 18.5. The van der Waals surface area contributed by atoms with Gasteiger partial charge in [-0.25, -0.2) is 4.39 Å². The highest BCUT2D eigenvalue weighted by Gasteiger charge is 2.24. The second-order valence-electron chi connectivity index (χ2n) is 7.35. The maximum atomic E-state index is 13.6. The average Bonchev–Trinajstić information content (AvgIpc) is 2.60. The predicted molar refractivity (Wildman–Crippen MR) is 122 cm³/mol. The van der Waals surface area contributed by atoms with Crippen LogP contribution in [0.1, 0.15) is 37.8 Å². The van der Waals surface area contributed by atoms with E-state index in [1.165, 1.54) is 6.07 Å². The van der Waals surface area contributed by atoms with E-state index in [0.29, 0.717) is 13.0 Å². The average molecular weight is 505 g/mol. The molecule has 1 aliphatic rings. The number of benzene rings is 1. The molecule has 1 fully saturated rings. The second-order valence-corrected chi connectivity index (χ2v) is 7.35. The first-order valence-electron chi connectivity index (χ1n) is 9.64. The van der Waals surface area contributed by atoms with E-state index >= 15 is 0 Å². The molecular weight excluding hydrogens is 472 g/mol. The van der Waals surface area contributed by atoms with E-state index in [9.17, 15) is 9.18 Å². The highest BCUT2D eigenvalue weighted by Crippen LogP contribution is 2.21. The van der Waals surface area contributed by atoms with Gasteiger partial charge in [-0.2, -0.15) is 0 Å². The van der Waals surface area contributed by atoms with E-state index in [4.69, 9.17) is 10.7 Å². The van der Waals surface area contributed by atoms with Crippen LogP contribution in [0.15, 0.2) is 29.3 Å². The quantitative estimate of drug-likeness (QED) is 0.340. The Kier molecular flexibility index (Phi) is 10.7. The molecule has 0 aliphatic carbocycles. The minimum absolute atomic E-state index is 0. The summed E-state index contributed by atoms with van der Waals surface area (Å²) >= 11 is 0. The van der Waals surface area contributed by atoms with Crippen LogP contribution in [0.4, 0.5) is 4.39 Å². The molecule has 158 valence electrons. The number of carbonyl (C=O) groups is 1. The Labute approximate surface area is 184 Å². The molecule has 1 heterocycles. The number of hydrogen-bond donors (Lipinski definition) is 2. The van der Waals surface area contributed by atoms with Gasteiger partial charge in [0.2, 0.25) is 5.91 Å². The van der Waals surface area contributed by atoms with Crippen molar-refractivity contribution >= 4 is 35.8 Å². The van der Waals surface area contributed by atoms with Gasteiger partial charge in [-0.05, 0) is 57.5 Å². The number of carbonyl (C=O) groups excluding carboxylic acids is 1. The maximum Gasteiger partial charge on any atom is 0.217 e. The lowest BCUT2D eigenvalue weighted by Gasteiger charge is -2.35. The Morgan fingerprint density at radius 3 is 2.82 bits per heavy atom. The number of hydrogen-bond acceptors (Lipinski definition) is 3. The van der Waals surface area contributed by atoms with Crippen LogP contribution in [-0.2, 0) is 4.79 Å². The van der Waals surface area contributed by atoms with Gasteiger partial charge >= 0.3 is 0 Å². The topological polar surface area (TPSA) is 74.0 Å². The molecule has 1 amide bonds. The number of likely N-dealkylation sites (N-methyl/N-ethyl adjacent to an activating group) is 1. The number of primary amides is 1. The van der Waals surface area contributed by atoms with E-state index in [0.717, 1.165) is 44.0 Å². The van der Waals surface area contributed by atoms with Crippen molar-refractivity contribution < 1.29 is 9.18 Å². The van der Waals surface area contributed by atoms with Crippen molar-refractivity contribution in [1.29, 1.82) is 0 Å². The zero-order valence-corrected chi connectivity index (χ0v) is 19.4. The van der Waals surface area contributed by atoms with Crippen molar-refractivity contribution in [2.45, 2.75) is 32.2 Å². The number of guanidine groups is 1. The monoisotopic (exact) mass is 505 g/mol. The molecule has 0 bridgehead atoms. The van der Waals surface area contributed by atoms with E-state index in [-0.39, 0.29) is 47.7 Å². The lowest BCUT2D eigenvalue weighted by molar-refractivity contribution is -0.119. The van der Waals surface area contributed by atoms with Crippen LogP contribution < -0.4 is 11.1 Å². The van der Waals surface area contributed by atoms with Crippen molar-refractivity contribution in [1.82, 2.24) is 15.1 Å². The SMILES string of the molecule is CCNC(=NCC(c1cccc(F)c1)N(C)C)N1CCCC(CC(N)=O)C1.I. The zero-order chi connectivity index (χ0) is 19.8. The lowest BCUT2D eigenvalue weighted by Crippen LogP contribution is -2.47. The molecule has 1 saturated heterocycles. The van der Waals surface area contributed by atoms with Crippen molar-refractivity contribution in [3.05, 3.63) is 35.6 Å². The number of likely N-dealkylation sites (tertiary alicyclic amines) is 1. The summed E-state index contributed by atoms with van der Waals surface area (Å²) in [7, 11) is 3.95. The van der Waals surface area contributed by atoms with Crippen LogP contribution in [0.5, 0.6) is 0 Å². The number of aliphatic imine (C=N–C) groups is 1. The molecule has 1 aliphatic heterocycles. The first kappa shape index (κ1) is 24.6. The number of rotatable bonds is 7. The summed E-state index contributed by atoms with van der Waals surface area (Å²) < 4.78 is 13.6. The Morgan fingerprint density at radius 2 is 2.21 bits per heavy atom. The minimum Gasteiger partial charge on any atom is -0.370 e. The summed E-state index contributed by atoms with van der Waals surface area (Å²) in [6.45, 7) is 5.02. The molecule has 2 rings (SSSR count).